The topological polar surface area (TPSA) is 119 Å². The fraction of sp³-hybridized carbons (Fsp3) is 0.842. The van der Waals surface area contributed by atoms with Gasteiger partial charge in [-0.2, -0.15) is 0 Å². The van der Waals surface area contributed by atoms with Gasteiger partial charge in [-0.15, -0.1) is 0 Å². The maximum Gasteiger partial charge on any atom is 0.500 e. The molecule has 30 heavy (non-hydrogen) atoms. The Bertz CT molecular complexity index is 425. The molecule has 0 bridgehead atoms. The fourth-order valence-electron chi connectivity index (χ4n) is 2.66. The van der Waals surface area contributed by atoms with E-state index in [0.717, 1.165) is 25.3 Å². The van der Waals surface area contributed by atoms with Gasteiger partial charge >= 0.3 is 23.6 Å². The number of hydrogen-bond donors (Lipinski definition) is 2. The van der Waals surface area contributed by atoms with E-state index in [1.807, 2.05) is 20.8 Å². The van der Waals surface area contributed by atoms with Crippen molar-refractivity contribution in [1.29, 1.82) is 0 Å². The van der Waals surface area contributed by atoms with E-state index in [9.17, 15) is 4.79 Å². The summed E-state index contributed by atoms with van der Waals surface area (Å²) < 4.78 is 32.7. The van der Waals surface area contributed by atoms with Gasteiger partial charge < -0.3 is 37.4 Å². The molecule has 11 heteroatoms. The van der Waals surface area contributed by atoms with Crippen LogP contribution in [0.25, 0.3) is 0 Å². The lowest BCUT2D eigenvalue weighted by atomic mass is 10.1. The van der Waals surface area contributed by atoms with Gasteiger partial charge in [0.15, 0.2) is 0 Å². The molecule has 0 aromatic heterocycles. The van der Waals surface area contributed by atoms with Gasteiger partial charge in [0.2, 0.25) is 0 Å². The zero-order valence-corrected chi connectivity index (χ0v) is 21.7. The zero-order chi connectivity index (χ0) is 23.5. The maximum absolute atomic E-state index is 10.5. The Morgan fingerprint density at radius 1 is 0.833 bits per heavy atom. The molecule has 0 saturated carbocycles. The first kappa shape index (κ1) is 31.5. The number of carbonyl (C=O) groups is 1. The van der Waals surface area contributed by atoms with Gasteiger partial charge in [-0.25, -0.2) is 4.79 Å². The third-order valence-electron chi connectivity index (χ3n) is 4.23. The standard InChI is InChI=1S/C10H20O5Si.C9H23NO3Si/c1-9(10(11)12)7-5-6-8-16(13-2,14-3)15-4;1-4-11-14(12-5-2,13-6-3)9-7-8-10/h1,5-8H2,2-4H3,(H,11,12);4-10H2,1-3H3. The summed E-state index contributed by atoms with van der Waals surface area (Å²) in [6.07, 6.45) is 2.92. The van der Waals surface area contributed by atoms with Crippen molar-refractivity contribution in [3.8, 4) is 0 Å². The van der Waals surface area contributed by atoms with Crippen molar-refractivity contribution in [3.05, 3.63) is 12.2 Å². The molecule has 0 spiro atoms. The summed E-state index contributed by atoms with van der Waals surface area (Å²) in [4.78, 5) is 10.5. The van der Waals surface area contributed by atoms with Crippen molar-refractivity contribution in [3.63, 3.8) is 0 Å². The van der Waals surface area contributed by atoms with Gasteiger partial charge in [0.25, 0.3) is 0 Å². The van der Waals surface area contributed by atoms with E-state index in [0.29, 0.717) is 38.8 Å². The molecule has 0 rings (SSSR count). The lowest BCUT2D eigenvalue weighted by Crippen LogP contribution is -2.46. The molecule has 0 aromatic rings. The average molecular weight is 470 g/mol. The normalized spacial score (nSPS) is 11.7. The van der Waals surface area contributed by atoms with E-state index in [4.69, 9.17) is 37.4 Å². The van der Waals surface area contributed by atoms with Crippen LogP contribution in [0.15, 0.2) is 12.2 Å². The van der Waals surface area contributed by atoms with Crippen molar-refractivity contribution in [2.45, 2.75) is 58.5 Å². The lowest BCUT2D eigenvalue weighted by molar-refractivity contribution is -0.132. The van der Waals surface area contributed by atoms with E-state index < -0.39 is 23.6 Å². The Hall–Kier alpha value is -0.636. The second kappa shape index (κ2) is 19.1. The minimum absolute atomic E-state index is 0.236. The minimum atomic E-state index is -2.49. The van der Waals surface area contributed by atoms with Crippen molar-refractivity contribution in [2.75, 3.05) is 47.7 Å². The molecule has 0 fully saturated rings. The SMILES string of the molecule is C=C(CCCC[Si](OC)(OC)OC)C(=O)O.CCO[Si](CCCN)(OCC)OCC. The summed E-state index contributed by atoms with van der Waals surface area (Å²) in [7, 11) is -0.196. The molecule has 0 atom stereocenters. The summed E-state index contributed by atoms with van der Waals surface area (Å²) in [5, 5.41) is 8.61. The summed E-state index contributed by atoms with van der Waals surface area (Å²) >= 11 is 0. The molecule has 0 aliphatic rings. The van der Waals surface area contributed by atoms with E-state index >= 15 is 0 Å². The molecule has 0 amide bonds. The predicted octanol–water partition coefficient (Wildman–Crippen LogP) is 3.06. The number of carboxylic acid groups (broad SMARTS) is 1. The Kier molecular flexibility index (Phi) is 20.1. The van der Waals surface area contributed by atoms with Crippen molar-refractivity contribution in [2.24, 2.45) is 5.73 Å². The van der Waals surface area contributed by atoms with Gasteiger partial charge in [0.1, 0.15) is 0 Å². The summed E-state index contributed by atoms with van der Waals surface area (Å²) in [5.74, 6) is -0.936. The molecule has 9 nitrogen and oxygen atoms in total. The van der Waals surface area contributed by atoms with Crippen LogP contribution in [-0.2, 0) is 31.4 Å². The van der Waals surface area contributed by atoms with Gasteiger partial charge in [-0.1, -0.05) is 6.58 Å². The van der Waals surface area contributed by atoms with Gasteiger partial charge in [0, 0.05) is 58.8 Å². The number of aliphatic carboxylic acids is 1. The van der Waals surface area contributed by atoms with E-state index in [1.54, 1.807) is 21.3 Å². The van der Waals surface area contributed by atoms with E-state index in [1.165, 1.54) is 0 Å². The molecular weight excluding hydrogens is 426 g/mol. The van der Waals surface area contributed by atoms with Crippen molar-refractivity contribution >= 4 is 23.6 Å². The number of unbranched alkanes of at least 4 members (excludes halogenated alkanes) is 1. The Labute approximate surface area is 184 Å². The summed E-state index contributed by atoms with van der Waals surface area (Å²) in [5.41, 5.74) is 5.72. The Morgan fingerprint density at radius 2 is 1.27 bits per heavy atom. The van der Waals surface area contributed by atoms with Crippen LogP contribution in [0.4, 0.5) is 0 Å². The average Bonchev–Trinajstić information content (AvgIpc) is 2.74. The monoisotopic (exact) mass is 469 g/mol. The van der Waals surface area contributed by atoms with Crippen LogP contribution in [-0.4, -0.2) is 76.4 Å². The van der Waals surface area contributed by atoms with Crippen LogP contribution in [0.2, 0.25) is 12.1 Å². The quantitative estimate of drug-likeness (QED) is 0.177. The third kappa shape index (κ3) is 13.6. The summed E-state index contributed by atoms with van der Waals surface area (Å²) in [6, 6.07) is 1.50. The molecule has 0 aliphatic carbocycles. The Balaban J connectivity index is 0. The van der Waals surface area contributed by atoms with Gasteiger partial charge in [0.05, 0.1) is 0 Å². The molecule has 180 valence electrons. The van der Waals surface area contributed by atoms with Crippen LogP contribution >= 0.6 is 0 Å². The number of rotatable bonds is 18. The highest BCUT2D eigenvalue weighted by Crippen LogP contribution is 2.19. The molecule has 0 aliphatic heterocycles. The minimum Gasteiger partial charge on any atom is -0.478 e. The molecule has 0 heterocycles. The maximum atomic E-state index is 10.5. The van der Waals surface area contributed by atoms with Crippen LogP contribution < -0.4 is 5.73 Å². The zero-order valence-electron chi connectivity index (χ0n) is 19.7. The number of hydrogen-bond acceptors (Lipinski definition) is 8. The predicted molar refractivity (Wildman–Crippen MR) is 121 cm³/mol. The highest BCUT2D eigenvalue weighted by molar-refractivity contribution is 6.61. The molecule has 3 N–H and O–H groups in total. The third-order valence-corrected chi connectivity index (χ3v) is 10.2. The van der Waals surface area contributed by atoms with Crippen molar-refractivity contribution in [1.82, 2.24) is 0 Å². The smallest absolute Gasteiger partial charge is 0.478 e. The van der Waals surface area contributed by atoms with E-state index in [2.05, 4.69) is 6.58 Å². The first-order chi connectivity index (χ1) is 14.3. The van der Waals surface area contributed by atoms with Crippen molar-refractivity contribution < 1.29 is 36.5 Å². The first-order valence-electron chi connectivity index (χ1n) is 10.4. The highest BCUT2D eigenvalue weighted by Gasteiger charge is 2.39. The summed E-state index contributed by atoms with van der Waals surface area (Å²) in [6.45, 7) is 11.9. The number of nitrogens with two attached hydrogens (primary N) is 1. The molecule has 0 saturated heterocycles. The van der Waals surface area contributed by atoms with E-state index in [-0.39, 0.29) is 5.57 Å². The molecular formula is C19H43NO8Si2. The molecule has 0 unspecified atom stereocenters. The van der Waals surface area contributed by atoms with Crippen LogP contribution in [0.5, 0.6) is 0 Å². The molecule has 0 aromatic carbocycles. The lowest BCUT2D eigenvalue weighted by Gasteiger charge is -2.28. The van der Waals surface area contributed by atoms with Crippen LogP contribution in [0, 0.1) is 0 Å². The fourth-order valence-corrected chi connectivity index (χ4v) is 7.10. The highest BCUT2D eigenvalue weighted by atomic mass is 28.4. The van der Waals surface area contributed by atoms with Crippen LogP contribution in [0.1, 0.15) is 46.5 Å². The van der Waals surface area contributed by atoms with Gasteiger partial charge in [-0.3, -0.25) is 0 Å². The van der Waals surface area contributed by atoms with Crippen LogP contribution in [0.3, 0.4) is 0 Å². The largest absolute Gasteiger partial charge is 0.500 e. The Morgan fingerprint density at radius 3 is 1.60 bits per heavy atom. The second-order valence-electron chi connectivity index (χ2n) is 6.29. The first-order valence-corrected chi connectivity index (χ1v) is 14.3. The second-order valence-corrected chi connectivity index (χ2v) is 12.1. The number of carboxylic acids is 1. The van der Waals surface area contributed by atoms with Gasteiger partial charge in [-0.05, 0) is 53.0 Å². The molecule has 0 radical (unpaired) electrons.